The second-order valence-electron chi connectivity index (χ2n) is 6.64. The number of hydrogen-bond donors (Lipinski definition) is 0. The van der Waals surface area contributed by atoms with Crippen molar-refractivity contribution in [2.75, 3.05) is 20.2 Å². The first kappa shape index (κ1) is 16.7. The van der Waals surface area contributed by atoms with E-state index in [9.17, 15) is 4.79 Å². The Labute approximate surface area is 143 Å². The predicted molar refractivity (Wildman–Crippen MR) is 92.9 cm³/mol. The lowest BCUT2D eigenvalue weighted by Gasteiger charge is -2.37. The van der Waals surface area contributed by atoms with E-state index in [1.165, 1.54) is 11.1 Å². The number of ether oxygens (including phenoxy) is 1. The molecule has 2 aromatic rings. The number of carbonyl (C=O) groups excluding carboxylic acids is 1. The van der Waals surface area contributed by atoms with Gasteiger partial charge in [-0.2, -0.15) is 5.10 Å². The van der Waals surface area contributed by atoms with Gasteiger partial charge in [-0.15, -0.1) is 0 Å². The molecule has 0 spiro atoms. The highest BCUT2D eigenvalue weighted by Crippen LogP contribution is 2.25. The van der Waals surface area contributed by atoms with Crippen molar-refractivity contribution in [3.63, 3.8) is 0 Å². The average molecular weight is 327 g/mol. The zero-order chi connectivity index (χ0) is 17.1. The van der Waals surface area contributed by atoms with Crippen LogP contribution in [-0.4, -0.2) is 46.9 Å². The van der Waals surface area contributed by atoms with Gasteiger partial charge in [0, 0.05) is 39.4 Å². The van der Waals surface area contributed by atoms with Gasteiger partial charge in [0.25, 0.3) is 5.91 Å². The predicted octanol–water partition coefficient (Wildman–Crippen LogP) is 2.45. The second kappa shape index (κ2) is 7.18. The molecule has 24 heavy (non-hydrogen) atoms. The molecule has 0 unspecified atom stereocenters. The lowest BCUT2D eigenvalue weighted by molar-refractivity contribution is -0.00319. The van der Waals surface area contributed by atoms with Crippen LogP contribution in [0, 0.1) is 12.8 Å². The molecule has 5 nitrogen and oxygen atoms in total. The van der Waals surface area contributed by atoms with E-state index in [1.807, 2.05) is 11.9 Å². The molecule has 0 aliphatic carbocycles. The Morgan fingerprint density at radius 2 is 2.21 bits per heavy atom. The first-order valence-corrected chi connectivity index (χ1v) is 8.44. The number of amides is 1. The van der Waals surface area contributed by atoms with Crippen LogP contribution < -0.4 is 0 Å². The smallest absolute Gasteiger partial charge is 0.274 e. The summed E-state index contributed by atoms with van der Waals surface area (Å²) in [7, 11) is 3.60. The molecular weight excluding hydrogens is 302 g/mol. The lowest BCUT2D eigenvalue weighted by Crippen LogP contribution is -2.47. The van der Waals surface area contributed by atoms with E-state index >= 15 is 0 Å². The SMILES string of the molecule is CO[C@H]1CCN(C(=O)c2ccn(C)n2)C[C@@H]1Cc1cccc(C)c1. The Morgan fingerprint density at radius 3 is 2.88 bits per heavy atom. The summed E-state index contributed by atoms with van der Waals surface area (Å²) in [6.45, 7) is 3.54. The number of methoxy groups -OCH3 is 1. The van der Waals surface area contributed by atoms with Crippen molar-refractivity contribution in [3.05, 3.63) is 53.3 Å². The first-order chi connectivity index (χ1) is 11.6. The molecular formula is C19H25N3O2. The van der Waals surface area contributed by atoms with Gasteiger partial charge in [0.1, 0.15) is 5.69 Å². The number of carbonyl (C=O) groups is 1. The summed E-state index contributed by atoms with van der Waals surface area (Å²) in [5, 5.41) is 4.24. The van der Waals surface area contributed by atoms with Crippen molar-refractivity contribution in [1.29, 1.82) is 0 Å². The van der Waals surface area contributed by atoms with Crippen LogP contribution in [0.5, 0.6) is 0 Å². The largest absolute Gasteiger partial charge is 0.381 e. The van der Waals surface area contributed by atoms with E-state index in [0.29, 0.717) is 18.2 Å². The summed E-state index contributed by atoms with van der Waals surface area (Å²) >= 11 is 0. The number of aromatic nitrogens is 2. The van der Waals surface area contributed by atoms with Crippen LogP contribution in [0.1, 0.15) is 28.0 Å². The minimum atomic E-state index is 0.0133. The normalized spacial score (nSPS) is 21.0. The topological polar surface area (TPSA) is 47.4 Å². The van der Waals surface area contributed by atoms with Gasteiger partial charge in [0.05, 0.1) is 6.10 Å². The van der Waals surface area contributed by atoms with Crippen LogP contribution in [0.15, 0.2) is 36.5 Å². The second-order valence-corrected chi connectivity index (χ2v) is 6.64. The Morgan fingerprint density at radius 1 is 1.38 bits per heavy atom. The van der Waals surface area contributed by atoms with Crippen molar-refractivity contribution in [2.24, 2.45) is 13.0 Å². The summed E-state index contributed by atoms with van der Waals surface area (Å²) in [6, 6.07) is 10.3. The minimum Gasteiger partial charge on any atom is -0.381 e. The zero-order valence-corrected chi connectivity index (χ0v) is 14.6. The molecule has 1 aliphatic rings. The molecule has 1 fully saturated rings. The quantitative estimate of drug-likeness (QED) is 0.866. The number of likely N-dealkylation sites (tertiary alicyclic amines) is 1. The molecule has 1 aromatic heterocycles. The molecule has 1 saturated heterocycles. The van der Waals surface area contributed by atoms with E-state index in [-0.39, 0.29) is 12.0 Å². The van der Waals surface area contributed by atoms with Crippen molar-refractivity contribution >= 4 is 5.91 Å². The molecule has 128 valence electrons. The van der Waals surface area contributed by atoms with E-state index < -0.39 is 0 Å². The Hall–Kier alpha value is -2.14. The maximum Gasteiger partial charge on any atom is 0.274 e. The molecule has 0 saturated carbocycles. The van der Waals surface area contributed by atoms with Crippen LogP contribution in [-0.2, 0) is 18.2 Å². The molecule has 1 amide bonds. The molecule has 3 rings (SSSR count). The molecule has 0 N–H and O–H groups in total. The van der Waals surface area contributed by atoms with Crippen molar-refractivity contribution in [2.45, 2.75) is 25.9 Å². The summed E-state index contributed by atoms with van der Waals surface area (Å²) in [5.41, 5.74) is 3.08. The highest BCUT2D eigenvalue weighted by atomic mass is 16.5. The summed E-state index contributed by atoms with van der Waals surface area (Å²) < 4.78 is 7.35. The zero-order valence-electron chi connectivity index (χ0n) is 14.6. The fraction of sp³-hybridized carbons (Fsp3) is 0.474. The van der Waals surface area contributed by atoms with Crippen molar-refractivity contribution in [3.8, 4) is 0 Å². The van der Waals surface area contributed by atoms with Crippen LogP contribution in [0.3, 0.4) is 0 Å². The Kier molecular flexibility index (Phi) is 5.00. The van der Waals surface area contributed by atoms with Gasteiger partial charge in [-0.3, -0.25) is 9.48 Å². The van der Waals surface area contributed by atoms with Crippen LogP contribution in [0.25, 0.3) is 0 Å². The molecule has 0 bridgehead atoms. The van der Waals surface area contributed by atoms with E-state index in [1.54, 1.807) is 24.1 Å². The maximum absolute atomic E-state index is 12.7. The first-order valence-electron chi connectivity index (χ1n) is 8.44. The van der Waals surface area contributed by atoms with Gasteiger partial charge >= 0.3 is 0 Å². The summed E-state index contributed by atoms with van der Waals surface area (Å²) in [4.78, 5) is 14.6. The van der Waals surface area contributed by atoms with Gasteiger partial charge < -0.3 is 9.64 Å². The third kappa shape index (κ3) is 3.67. The summed E-state index contributed by atoms with van der Waals surface area (Å²) in [6.07, 6.45) is 3.79. The van der Waals surface area contributed by atoms with Gasteiger partial charge in [0.15, 0.2) is 0 Å². The number of aryl methyl sites for hydroxylation is 2. The fourth-order valence-electron chi connectivity index (χ4n) is 3.53. The van der Waals surface area contributed by atoms with Crippen LogP contribution >= 0.6 is 0 Å². The van der Waals surface area contributed by atoms with E-state index in [2.05, 4.69) is 36.3 Å². The molecule has 1 aromatic carbocycles. The number of benzene rings is 1. The monoisotopic (exact) mass is 327 g/mol. The average Bonchev–Trinajstić information content (AvgIpc) is 3.00. The van der Waals surface area contributed by atoms with Gasteiger partial charge in [-0.1, -0.05) is 29.8 Å². The van der Waals surface area contributed by atoms with E-state index in [0.717, 1.165) is 19.4 Å². The van der Waals surface area contributed by atoms with Crippen molar-refractivity contribution in [1.82, 2.24) is 14.7 Å². The van der Waals surface area contributed by atoms with Gasteiger partial charge in [0.2, 0.25) is 0 Å². The number of piperidine rings is 1. The maximum atomic E-state index is 12.7. The van der Waals surface area contributed by atoms with Gasteiger partial charge in [-0.05, 0) is 31.4 Å². The summed E-state index contributed by atoms with van der Waals surface area (Å²) in [5.74, 6) is 0.317. The third-order valence-electron chi connectivity index (χ3n) is 4.77. The molecule has 5 heteroatoms. The highest BCUT2D eigenvalue weighted by molar-refractivity contribution is 5.92. The number of hydrogen-bond acceptors (Lipinski definition) is 3. The van der Waals surface area contributed by atoms with Crippen LogP contribution in [0.2, 0.25) is 0 Å². The standard InChI is InChI=1S/C19H25N3O2/c1-14-5-4-6-15(11-14)12-16-13-22(10-8-18(16)24-3)19(23)17-7-9-21(2)20-17/h4-7,9,11,16,18H,8,10,12-13H2,1-3H3/t16-,18-/m0/s1. The number of nitrogens with zero attached hydrogens (tertiary/aromatic N) is 3. The molecule has 2 atom stereocenters. The Balaban J connectivity index is 1.73. The molecule has 1 aliphatic heterocycles. The fourth-order valence-corrected chi connectivity index (χ4v) is 3.53. The van der Waals surface area contributed by atoms with Gasteiger partial charge in [-0.25, -0.2) is 0 Å². The van der Waals surface area contributed by atoms with E-state index in [4.69, 9.17) is 4.74 Å². The molecule has 2 heterocycles. The molecule has 0 radical (unpaired) electrons. The van der Waals surface area contributed by atoms with Crippen LogP contribution in [0.4, 0.5) is 0 Å². The third-order valence-corrected chi connectivity index (χ3v) is 4.77. The highest BCUT2D eigenvalue weighted by Gasteiger charge is 2.32. The number of rotatable bonds is 4. The Bertz CT molecular complexity index is 710. The van der Waals surface area contributed by atoms with Crippen molar-refractivity contribution < 1.29 is 9.53 Å². The minimum absolute atomic E-state index is 0.0133. The lowest BCUT2D eigenvalue weighted by atomic mass is 9.88.